The summed E-state index contributed by atoms with van der Waals surface area (Å²) in [6.45, 7) is 4.88. The Morgan fingerprint density at radius 3 is 2.52 bits per heavy atom. The van der Waals surface area contributed by atoms with Crippen molar-refractivity contribution in [2.45, 2.75) is 38.6 Å². The van der Waals surface area contributed by atoms with Crippen molar-refractivity contribution >= 4 is 36.0 Å². The lowest BCUT2D eigenvalue weighted by molar-refractivity contribution is -0.129. The molecule has 1 atom stereocenters. The molecular formula is C20H32ClN3O2S. The maximum absolute atomic E-state index is 12.7. The van der Waals surface area contributed by atoms with E-state index < -0.39 is 6.04 Å². The Morgan fingerprint density at radius 2 is 1.89 bits per heavy atom. The molecule has 1 aliphatic heterocycles. The van der Waals surface area contributed by atoms with Crippen molar-refractivity contribution < 1.29 is 9.59 Å². The first-order valence-corrected chi connectivity index (χ1v) is 10.7. The van der Waals surface area contributed by atoms with E-state index in [1.165, 1.54) is 0 Å². The van der Waals surface area contributed by atoms with Gasteiger partial charge in [-0.3, -0.25) is 9.59 Å². The Balaban J connectivity index is 0.00000364. The summed E-state index contributed by atoms with van der Waals surface area (Å²) in [6, 6.07) is 9.14. The van der Waals surface area contributed by atoms with Gasteiger partial charge in [0.25, 0.3) is 0 Å². The van der Waals surface area contributed by atoms with E-state index in [0.717, 1.165) is 37.2 Å². The number of carbonyl (C=O) groups excluding carboxylic acids is 2. The molecule has 5 nitrogen and oxygen atoms in total. The number of hydrogen-bond donors (Lipinski definition) is 3. The fourth-order valence-electron chi connectivity index (χ4n) is 3.16. The van der Waals surface area contributed by atoms with Crippen molar-refractivity contribution in [3.63, 3.8) is 0 Å². The first kappa shape index (κ1) is 23.8. The zero-order valence-corrected chi connectivity index (χ0v) is 17.9. The third-order valence-electron chi connectivity index (χ3n) is 4.97. The predicted molar refractivity (Wildman–Crippen MR) is 116 cm³/mol. The second kappa shape index (κ2) is 12.3. The number of piperidine rings is 1. The third kappa shape index (κ3) is 8.54. The fraction of sp³-hybridized carbons (Fsp3) is 0.600. The summed E-state index contributed by atoms with van der Waals surface area (Å²) in [5, 5.41) is 9.36. The van der Waals surface area contributed by atoms with E-state index >= 15 is 0 Å². The Hall–Kier alpha value is -1.24. The molecule has 0 aliphatic carbocycles. The van der Waals surface area contributed by atoms with Gasteiger partial charge in [0, 0.05) is 6.54 Å². The van der Waals surface area contributed by atoms with Gasteiger partial charge in [-0.15, -0.1) is 12.4 Å². The SMILES string of the molecule is CSCCC(NC(=O)Cc1ccccc1)C(=O)NCC1(C)CCNCC1.Cl. The standard InChI is InChI=1S/C20H31N3O2S.ClH/c1-20(9-11-21-12-10-20)15-22-19(25)17(8-13-26-2)23-18(24)14-16-6-4-3-5-7-16;/h3-7,17,21H,8-15H2,1-2H3,(H,22,25)(H,23,24);1H. The molecule has 1 unspecified atom stereocenters. The first-order chi connectivity index (χ1) is 12.5. The zero-order valence-electron chi connectivity index (χ0n) is 16.3. The van der Waals surface area contributed by atoms with Gasteiger partial charge in [-0.25, -0.2) is 0 Å². The highest BCUT2D eigenvalue weighted by Gasteiger charge is 2.28. The fourth-order valence-corrected chi connectivity index (χ4v) is 3.63. The van der Waals surface area contributed by atoms with Gasteiger partial charge in [-0.2, -0.15) is 11.8 Å². The molecule has 7 heteroatoms. The summed E-state index contributed by atoms with van der Waals surface area (Å²) in [7, 11) is 0. The van der Waals surface area contributed by atoms with E-state index in [4.69, 9.17) is 0 Å². The molecule has 0 radical (unpaired) electrons. The molecule has 0 spiro atoms. The van der Waals surface area contributed by atoms with Gasteiger partial charge in [0.1, 0.15) is 6.04 Å². The van der Waals surface area contributed by atoms with Crippen molar-refractivity contribution in [2.75, 3.05) is 31.6 Å². The van der Waals surface area contributed by atoms with Crippen LogP contribution < -0.4 is 16.0 Å². The second-order valence-corrected chi connectivity index (χ2v) is 8.33. The first-order valence-electron chi connectivity index (χ1n) is 9.33. The molecule has 0 saturated carbocycles. The predicted octanol–water partition coefficient (Wildman–Crippen LogP) is 2.39. The van der Waals surface area contributed by atoms with E-state index in [9.17, 15) is 9.59 Å². The van der Waals surface area contributed by atoms with Gasteiger partial charge >= 0.3 is 0 Å². The van der Waals surface area contributed by atoms with E-state index in [-0.39, 0.29) is 29.6 Å². The number of thioether (sulfide) groups is 1. The molecule has 1 saturated heterocycles. The van der Waals surface area contributed by atoms with Crippen LogP contribution in [0.25, 0.3) is 0 Å². The van der Waals surface area contributed by atoms with Crippen LogP contribution in [0, 0.1) is 5.41 Å². The normalized spacial score (nSPS) is 16.7. The second-order valence-electron chi connectivity index (χ2n) is 7.34. The highest BCUT2D eigenvalue weighted by Crippen LogP contribution is 2.26. The summed E-state index contributed by atoms with van der Waals surface area (Å²) >= 11 is 1.68. The highest BCUT2D eigenvalue weighted by atomic mass is 35.5. The molecule has 2 rings (SSSR count). The van der Waals surface area contributed by atoms with Gasteiger partial charge in [-0.1, -0.05) is 37.3 Å². The van der Waals surface area contributed by atoms with E-state index in [2.05, 4.69) is 22.9 Å². The molecule has 0 bridgehead atoms. The Bertz CT molecular complexity index is 580. The summed E-state index contributed by atoms with van der Waals surface area (Å²) in [5.74, 6) is 0.663. The van der Waals surface area contributed by atoms with Crippen LogP contribution in [0.3, 0.4) is 0 Å². The highest BCUT2D eigenvalue weighted by molar-refractivity contribution is 7.98. The minimum atomic E-state index is -0.469. The van der Waals surface area contributed by atoms with Gasteiger partial charge < -0.3 is 16.0 Å². The van der Waals surface area contributed by atoms with Gasteiger partial charge in [0.05, 0.1) is 6.42 Å². The van der Waals surface area contributed by atoms with Crippen LogP contribution in [0.15, 0.2) is 30.3 Å². The summed E-state index contributed by atoms with van der Waals surface area (Å²) < 4.78 is 0. The molecule has 152 valence electrons. The van der Waals surface area contributed by atoms with E-state index in [0.29, 0.717) is 19.4 Å². The van der Waals surface area contributed by atoms with Crippen molar-refractivity contribution in [3.05, 3.63) is 35.9 Å². The molecule has 1 aromatic rings. The van der Waals surface area contributed by atoms with Gasteiger partial charge in [-0.05, 0) is 55.3 Å². The molecule has 1 aliphatic rings. The van der Waals surface area contributed by atoms with Crippen LogP contribution >= 0.6 is 24.2 Å². The van der Waals surface area contributed by atoms with Gasteiger partial charge in [0.2, 0.25) is 11.8 Å². The van der Waals surface area contributed by atoms with Crippen LogP contribution in [0.1, 0.15) is 31.7 Å². The minimum absolute atomic E-state index is 0. The van der Waals surface area contributed by atoms with Crippen LogP contribution in [0.5, 0.6) is 0 Å². The summed E-state index contributed by atoms with van der Waals surface area (Å²) in [4.78, 5) is 25.0. The number of benzene rings is 1. The number of nitrogens with one attached hydrogen (secondary N) is 3. The molecule has 1 fully saturated rings. The number of halogens is 1. The minimum Gasteiger partial charge on any atom is -0.354 e. The lowest BCUT2D eigenvalue weighted by Crippen LogP contribution is -2.50. The topological polar surface area (TPSA) is 70.2 Å². The van der Waals surface area contributed by atoms with Crippen molar-refractivity contribution in [1.29, 1.82) is 0 Å². The van der Waals surface area contributed by atoms with Crippen molar-refractivity contribution in [2.24, 2.45) is 5.41 Å². The average molecular weight is 414 g/mol. The molecule has 1 heterocycles. The van der Waals surface area contributed by atoms with Crippen LogP contribution in [0.4, 0.5) is 0 Å². The van der Waals surface area contributed by atoms with Crippen molar-refractivity contribution in [3.8, 4) is 0 Å². The Kier molecular flexibility index (Phi) is 10.8. The summed E-state index contributed by atoms with van der Waals surface area (Å²) in [5.41, 5.74) is 1.09. The number of rotatable bonds is 9. The molecular weight excluding hydrogens is 382 g/mol. The average Bonchev–Trinajstić information content (AvgIpc) is 2.64. The Morgan fingerprint density at radius 1 is 1.22 bits per heavy atom. The zero-order chi connectivity index (χ0) is 18.8. The molecule has 0 aromatic heterocycles. The van der Waals surface area contributed by atoms with Crippen LogP contribution in [-0.2, 0) is 16.0 Å². The maximum atomic E-state index is 12.7. The van der Waals surface area contributed by atoms with Crippen LogP contribution in [-0.4, -0.2) is 49.5 Å². The number of carbonyl (C=O) groups is 2. The molecule has 1 aromatic carbocycles. The Labute approximate surface area is 173 Å². The molecule has 27 heavy (non-hydrogen) atoms. The number of hydrogen-bond acceptors (Lipinski definition) is 4. The smallest absolute Gasteiger partial charge is 0.242 e. The lowest BCUT2D eigenvalue weighted by Gasteiger charge is -2.34. The van der Waals surface area contributed by atoms with Crippen LogP contribution in [0.2, 0.25) is 0 Å². The maximum Gasteiger partial charge on any atom is 0.242 e. The quantitative estimate of drug-likeness (QED) is 0.581. The van der Waals surface area contributed by atoms with E-state index in [1.54, 1.807) is 11.8 Å². The third-order valence-corrected chi connectivity index (χ3v) is 5.61. The number of amides is 2. The molecule has 3 N–H and O–H groups in total. The van der Waals surface area contributed by atoms with Crippen molar-refractivity contribution in [1.82, 2.24) is 16.0 Å². The largest absolute Gasteiger partial charge is 0.354 e. The summed E-state index contributed by atoms with van der Waals surface area (Å²) in [6.07, 6.45) is 5.07. The van der Waals surface area contributed by atoms with E-state index in [1.807, 2.05) is 36.6 Å². The van der Waals surface area contributed by atoms with Gasteiger partial charge in [0.15, 0.2) is 0 Å². The molecule has 2 amide bonds. The lowest BCUT2D eigenvalue weighted by atomic mass is 9.81. The monoisotopic (exact) mass is 413 g/mol.